The molecule has 0 spiro atoms. The van der Waals surface area contributed by atoms with Crippen molar-refractivity contribution in [3.63, 3.8) is 0 Å². The molecular formula is C16H21N3O5. The average molecular weight is 335 g/mol. The molecule has 1 saturated heterocycles. The molecule has 1 aromatic carbocycles. The highest BCUT2D eigenvalue weighted by molar-refractivity contribution is 6.35. The first-order chi connectivity index (χ1) is 11.5. The molecular weight excluding hydrogens is 314 g/mol. The van der Waals surface area contributed by atoms with Crippen molar-refractivity contribution in [2.75, 3.05) is 45.7 Å². The molecule has 24 heavy (non-hydrogen) atoms. The van der Waals surface area contributed by atoms with Gasteiger partial charge in [-0.25, -0.2) is 0 Å². The molecule has 1 fully saturated rings. The van der Waals surface area contributed by atoms with Crippen molar-refractivity contribution >= 4 is 23.4 Å². The molecule has 0 saturated carbocycles. The van der Waals surface area contributed by atoms with Gasteiger partial charge in [0.1, 0.15) is 18.0 Å². The second-order valence-electron chi connectivity index (χ2n) is 5.23. The first-order valence-electron chi connectivity index (χ1n) is 7.60. The maximum atomic E-state index is 12.2. The summed E-state index contributed by atoms with van der Waals surface area (Å²) in [6.07, 6.45) is 0. The lowest BCUT2D eigenvalue weighted by molar-refractivity contribution is -0.156. The Morgan fingerprint density at radius 2 is 1.79 bits per heavy atom. The first kappa shape index (κ1) is 17.6. The van der Waals surface area contributed by atoms with Crippen molar-refractivity contribution in [2.24, 2.45) is 0 Å². The third kappa shape index (κ3) is 3.76. The Morgan fingerprint density at radius 1 is 1.12 bits per heavy atom. The van der Waals surface area contributed by atoms with Gasteiger partial charge in [0.2, 0.25) is 5.91 Å². The number of nitrogens with zero attached hydrogens (tertiary/aromatic N) is 2. The van der Waals surface area contributed by atoms with E-state index in [9.17, 15) is 14.4 Å². The van der Waals surface area contributed by atoms with Crippen LogP contribution >= 0.6 is 0 Å². The van der Waals surface area contributed by atoms with Gasteiger partial charge in [0.25, 0.3) is 0 Å². The zero-order chi connectivity index (χ0) is 17.7. The lowest BCUT2D eigenvalue weighted by Crippen LogP contribution is -2.55. The van der Waals surface area contributed by atoms with Crippen LogP contribution in [0, 0.1) is 0 Å². The third-order valence-electron chi connectivity index (χ3n) is 3.80. The molecule has 3 amide bonds. The van der Waals surface area contributed by atoms with Gasteiger partial charge in [0, 0.05) is 25.7 Å². The van der Waals surface area contributed by atoms with Crippen LogP contribution in [0.15, 0.2) is 18.2 Å². The minimum atomic E-state index is -0.653. The molecule has 1 heterocycles. The second kappa shape index (κ2) is 7.67. The number of hydrogen-bond donors (Lipinski definition) is 1. The van der Waals surface area contributed by atoms with Crippen LogP contribution in [-0.2, 0) is 14.4 Å². The number of methoxy groups -OCH3 is 2. The van der Waals surface area contributed by atoms with E-state index in [4.69, 9.17) is 9.47 Å². The SMILES string of the molecule is CCN1CCN(CC(=O)Nc2ccc(OC)cc2OC)C(=O)C1=O. The molecule has 0 aromatic heterocycles. The van der Waals surface area contributed by atoms with E-state index < -0.39 is 17.7 Å². The van der Waals surface area contributed by atoms with Gasteiger partial charge in [0.15, 0.2) is 0 Å². The van der Waals surface area contributed by atoms with Gasteiger partial charge in [-0.2, -0.15) is 0 Å². The lowest BCUT2D eigenvalue weighted by Gasteiger charge is -2.32. The Balaban J connectivity index is 2.01. The van der Waals surface area contributed by atoms with Gasteiger partial charge in [-0.05, 0) is 19.1 Å². The van der Waals surface area contributed by atoms with Crippen LogP contribution in [0.3, 0.4) is 0 Å². The molecule has 2 rings (SSSR count). The standard InChI is InChI=1S/C16H21N3O5/c1-4-18-7-8-19(16(22)15(18)21)10-14(20)17-12-6-5-11(23-2)9-13(12)24-3/h5-6,9H,4,7-8,10H2,1-3H3,(H,17,20). The third-order valence-corrected chi connectivity index (χ3v) is 3.80. The highest BCUT2D eigenvalue weighted by Crippen LogP contribution is 2.28. The van der Waals surface area contributed by atoms with E-state index in [2.05, 4.69) is 5.32 Å². The lowest BCUT2D eigenvalue weighted by atomic mass is 10.2. The molecule has 1 N–H and O–H groups in total. The summed E-state index contributed by atoms with van der Waals surface area (Å²) in [4.78, 5) is 38.8. The maximum Gasteiger partial charge on any atom is 0.312 e. The van der Waals surface area contributed by atoms with Crippen LogP contribution in [0.4, 0.5) is 5.69 Å². The molecule has 8 heteroatoms. The van der Waals surface area contributed by atoms with Crippen molar-refractivity contribution in [1.82, 2.24) is 9.80 Å². The van der Waals surface area contributed by atoms with Crippen LogP contribution in [0.5, 0.6) is 11.5 Å². The van der Waals surface area contributed by atoms with E-state index in [1.807, 2.05) is 6.92 Å². The normalized spacial score (nSPS) is 14.6. The molecule has 8 nitrogen and oxygen atoms in total. The summed E-state index contributed by atoms with van der Waals surface area (Å²) in [5, 5.41) is 2.68. The molecule has 130 valence electrons. The van der Waals surface area contributed by atoms with E-state index in [1.165, 1.54) is 24.0 Å². The van der Waals surface area contributed by atoms with E-state index in [1.54, 1.807) is 18.2 Å². The number of piperazine rings is 1. The molecule has 0 atom stereocenters. The molecule has 0 unspecified atom stereocenters. The quantitative estimate of drug-likeness (QED) is 0.757. The number of hydrogen-bond acceptors (Lipinski definition) is 5. The van der Waals surface area contributed by atoms with Crippen molar-refractivity contribution in [3.05, 3.63) is 18.2 Å². The Labute approximate surface area is 140 Å². The average Bonchev–Trinajstić information content (AvgIpc) is 2.59. The fourth-order valence-corrected chi connectivity index (χ4v) is 2.43. The molecule has 0 aliphatic carbocycles. The number of rotatable bonds is 6. The predicted molar refractivity (Wildman–Crippen MR) is 87.0 cm³/mol. The number of ether oxygens (including phenoxy) is 2. The second-order valence-corrected chi connectivity index (χ2v) is 5.23. The molecule has 1 aromatic rings. The summed E-state index contributed by atoms with van der Waals surface area (Å²) >= 11 is 0. The van der Waals surface area contributed by atoms with Crippen LogP contribution in [-0.4, -0.2) is 67.9 Å². The summed E-state index contributed by atoms with van der Waals surface area (Å²) < 4.78 is 10.3. The Kier molecular flexibility index (Phi) is 5.62. The number of likely N-dealkylation sites (N-methyl/N-ethyl adjacent to an activating group) is 1. The number of amides is 3. The summed E-state index contributed by atoms with van der Waals surface area (Å²) in [6.45, 7) is 2.88. The highest BCUT2D eigenvalue weighted by Gasteiger charge is 2.32. The highest BCUT2D eigenvalue weighted by atomic mass is 16.5. The predicted octanol–water partition coefficient (Wildman–Crippen LogP) is 0.333. The fourth-order valence-electron chi connectivity index (χ4n) is 2.43. The minimum Gasteiger partial charge on any atom is -0.497 e. The van der Waals surface area contributed by atoms with E-state index in [0.29, 0.717) is 36.8 Å². The maximum absolute atomic E-state index is 12.2. The van der Waals surface area contributed by atoms with Gasteiger partial charge in [-0.1, -0.05) is 0 Å². The zero-order valence-electron chi connectivity index (χ0n) is 14.0. The summed E-state index contributed by atoms with van der Waals surface area (Å²) in [7, 11) is 3.02. The van der Waals surface area contributed by atoms with E-state index in [-0.39, 0.29) is 6.54 Å². The molecule has 1 aliphatic heterocycles. The van der Waals surface area contributed by atoms with Gasteiger partial charge >= 0.3 is 11.8 Å². The number of carbonyl (C=O) groups is 3. The largest absolute Gasteiger partial charge is 0.497 e. The van der Waals surface area contributed by atoms with Crippen LogP contribution in [0.25, 0.3) is 0 Å². The van der Waals surface area contributed by atoms with Gasteiger partial charge in [-0.15, -0.1) is 0 Å². The Bertz CT molecular complexity index is 647. The van der Waals surface area contributed by atoms with Crippen molar-refractivity contribution in [2.45, 2.75) is 6.92 Å². The van der Waals surface area contributed by atoms with Crippen LogP contribution in [0.2, 0.25) is 0 Å². The minimum absolute atomic E-state index is 0.183. The molecule has 0 radical (unpaired) electrons. The smallest absolute Gasteiger partial charge is 0.312 e. The monoisotopic (exact) mass is 335 g/mol. The van der Waals surface area contributed by atoms with E-state index in [0.717, 1.165) is 0 Å². The fraction of sp³-hybridized carbons (Fsp3) is 0.438. The first-order valence-corrected chi connectivity index (χ1v) is 7.60. The van der Waals surface area contributed by atoms with Crippen LogP contribution < -0.4 is 14.8 Å². The summed E-state index contributed by atoms with van der Waals surface area (Å²) in [5.74, 6) is -0.578. The number of nitrogens with one attached hydrogen (secondary N) is 1. The summed E-state index contributed by atoms with van der Waals surface area (Å²) in [5.41, 5.74) is 0.467. The van der Waals surface area contributed by atoms with Crippen molar-refractivity contribution in [1.29, 1.82) is 0 Å². The van der Waals surface area contributed by atoms with Crippen molar-refractivity contribution in [3.8, 4) is 11.5 Å². The zero-order valence-corrected chi connectivity index (χ0v) is 14.0. The van der Waals surface area contributed by atoms with Gasteiger partial charge < -0.3 is 24.6 Å². The van der Waals surface area contributed by atoms with Crippen molar-refractivity contribution < 1.29 is 23.9 Å². The van der Waals surface area contributed by atoms with Gasteiger partial charge in [0.05, 0.1) is 19.9 Å². The Morgan fingerprint density at radius 3 is 2.42 bits per heavy atom. The molecule has 0 bridgehead atoms. The van der Waals surface area contributed by atoms with Crippen LogP contribution in [0.1, 0.15) is 6.92 Å². The topological polar surface area (TPSA) is 88.2 Å². The van der Waals surface area contributed by atoms with E-state index >= 15 is 0 Å². The summed E-state index contributed by atoms with van der Waals surface area (Å²) in [6, 6.07) is 4.98. The number of benzene rings is 1. The molecule has 1 aliphatic rings. The Hall–Kier alpha value is -2.77. The number of carbonyl (C=O) groups excluding carboxylic acids is 3. The van der Waals surface area contributed by atoms with Gasteiger partial charge in [-0.3, -0.25) is 14.4 Å². The number of anilines is 1.